The van der Waals surface area contributed by atoms with Gasteiger partial charge in [0.2, 0.25) is 0 Å². The van der Waals surface area contributed by atoms with Crippen LogP contribution in [0, 0.1) is 0 Å². The molecule has 166 valence electrons. The molecule has 0 rings (SSSR count). The number of hydrogen-bond donors (Lipinski definition) is 0. The third-order valence-corrected chi connectivity index (χ3v) is 2.89. The van der Waals surface area contributed by atoms with E-state index in [-0.39, 0.29) is 6.92 Å². The molecule has 0 bridgehead atoms. The fraction of sp³-hybridized carbons (Fsp3) is 0.727. The Hall–Kier alpha value is -1.84. The van der Waals surface area contributed by atoms with Crippen molar-refractivity contribution < 1.29 is 75.4 Å². The van der Waals surface area contributed by atoms with E-state index in [9.17, 15) is 70.7 Å². The monoisotopic (exact) mass is 454 g/mol. The number of ether oxygens (including phenoxy) is 1. The maximum absolute atomic E-state index is 14.0. The van der Waals surface area contributed by atoms with E-state index < -0.39 is 53.4 Å². The molecule has 0 spiro atoms. The van der Waals surface area contributed by atoms with Gasteiger partial charge in [-0.15, -0.1) is 0 Å². The van der Waals surface area contributed by atoms with E-state index in [1.165, 1.54) is 0 Å². The average molecular weight is 454 g/mol. The van der Waals surface area contributed by atoms with E-state index in [1.54, 1.807) is 0 Å². The lowest BCUT2D eigenvalue weighted by molar-refractivity contribution is -0.474. The van der Waals surface area contributed by atoms with Gasteiger partial charge in [0.25, 0.3) is 0 Å². The van der Waals surface area contributed by atoms with E-state index in [4.69, 9.17) is 0 Å². The van der Waals surface area contributed by atoms with Crippen LogP contribution < -0.4 is 0 Å². The van der Waals surface area contributed by atoms with E-state index in [2.05, 4.69) is 11.3 Å². The number of carbonyl (C=O) groups excluding carboxylic acids is 1. The van der Waals surface area contributed by atoms with Gasteiger partial charge in [-0.25, -0.2) is 4.79 Å². The molecule has 28 heavy (non-hydrogen) atoms. The van der Waals surface area contributed by atoms with Crippen LogP contribution in [0.25, 0.3) is 0 Å². The first-order chi connectivity index (χ1) is 11.8. The highest BCUT2D eigenvalue weighted by Gasteiger charge is 2.94. The van der Waals surface area contributed by atoms with Gasteiger partial charge in [-0.3, -0.25) is 0 Å². The zero-order valence-electron chi connectivity index (χ0n) is 12.7. The summed E-state index contributed by atoms with van der Waals surface area (Å²) in [4.78, 5) is 10.9. The molecule has 0 aliphatic heterocycles. The molecule has 0 amide bonds. The molecule has 1 unspecified atom stereocenters. The van der Waals surface area contributed by atoms with Crippen molar-refractivity contribution in [1.29, 1.82) is 0 Å². The van der Waals surface area contributed by atoms with Crippen molar-refractivity contribution in [1.82, 2.24) is 0 Å². The quantitative estimate of drug-likeness (QED) is 0.304. The number of rotatable bonds is 6. The van der Waals surface area contributed by atoms with Crippen molar-refractivity contribution in [3.8, 4) is 0 Å². The highest BCUT2D eigenvalue weighted by atomic mass is 19.4. The highest BCUT2D eigenvalue weighted by Crippen LogP contribution is 2.62. The zero-order chi connectivity index (χ0) is 23.4. The van der Waals surface area contributed by atoms with Crippen LogP contribution >= 0.6 is 0 Å². The van der Waals surface area contributed by atoms with Crippen molar-refractivity contribution >= 4 is 5.97 Å². The van der Waals surface area contributed by atoms with Gasteiger partial charge in [-0.2, -0.15) is 65.9 Å². The minimum atomic E-state index is -8.29. The van der Waals surface area contributed by atoms with Gasteiger partial charge in [0.05, 0.1) is 0 Å². The smallest absolute Gasteiger partial charge is 0.413 e. The van der Waals surface area contributed by atoms with E-state index >= 15 is 0 Å². The van der Waals surface area contributed by atoms with Crippen molar-refractivity contribution in [2.75, 3.05) is 0 Å². The first-order valence-corrected chi connectivity index (χ1v) is 6.05. The molecule has 0 radical (unpaired) electrons. The third-order valence-electron chi connectivity index (χ3n) is 2.89. The minimum Gasteiger partial charge on any atom is -0.413 e. The second-order valence-corrected chi connectivity index (χ2v) is 5.06. The lowest BCUT2D eigenvalue weighted by Gasteiger charge is -2.43. The lowest BCUT2D eigenvalue weighted by Crippen LogP contribution is -2.74. The molecule has 0 saturated heterocycles. The molecule has 0 fully saturated rings. The Morgan fingerprint density at radius 3 is 1.18 bits per heavy atom. The first kappa shape index (κ1) is 26.2. The van der Waals surface area contributed by atoms with Gasteiger partial charge in [-0.05, 0) is 6.92 Å². The molecule has 0 aliphatic rings. The second-order valence-electron chi connectivity index (χ2n) is 5.06. The van der Waals surface area contributed by atoms with Gasteiger partial charge >= 0.3 is 47.9 Å². The number of hydrogen-bond acceptors (Lipinski definition) is 2. The number of carbonyl (C=O) groups is 1. The summed E-state index contributed by atoms with van der Waals surface area (Å²) in [6.45, 7) is 2.66. The SMILES string of the molecule is C=C(C)C(=O)OC(F)(C(F)(F)C(F)(F)F)C(F)(F)C(F)(F)C(F)(F)C(F)(F)F. The summed E-state index contributed by atoms with van der Waals surface area (Å²) >= 11 is 0. The van der Waals surface area contributed by atoms with Crippen LogP contribution in [0.5, 0.6) is 0 Å². The molecular weight excluding hydrogens is 449 g/mol. The van der Waals surface area contributed by atoms with Crippen LogP contribution in [0.3, 0.4) is 0 Å². The van der Waals surface area contributed by atoms with E-state index in [0.29, 0.717) is 0 Å². The highest BCUT2D eigenvalue weighted by molar-refractivity contribution is 5.87. The summed E-state index contributed by atoms with van der Waals surface area (Å²) in [5.74, 6) is -43.2. The lowest BCUT2D eigenvalue weighted by atomic mass is 9.92. The molecule has 0 aromatic rings. The molecule has 0 heterocycles. The largest absolute Gasteiger partial charge is 0.461 e. The van der Waals surface area contributed by atoms with Gasteiger partial charge in [-0.1, -0.05) is 6.58 Å². The topological polar surface area (TPSA) is 26.3 Å². The Morgan fingerprint density at radius 2 is 0.929 bits per heavy atom. The molecule has 2 nitrogen and oxygen atoms in total. The van der Waals surface area contributed by atoms with Crippen molar-refractivity contribution in [2.24, 2.45) is 0 Å². The second kappa shape index (κ2) is 6.60. The number of halogens is 15. The summed E-state index contributed by atoms with van der Waals surface area (Å²) in [5, 5.41) is 0. The maximum Gasteiger partial charge on any atom is 0.461 e. The van der Waals surface area contributed by atoms with Crippen molar-refractivity contribution in [3.63, 3.8) is 0 Å². The van der Waals surface area contributed by atoms with E-state index in [1.807, 2.05) is 0 Å². The summed E-state index contributed by atoms with van der Waals surface area (Å²) in [7, 11) is 0. The van der Waals surface area contributed by atoms with Crippen molar-refractivity contribution in [3.05, 3.63) is 12.2 Å². The fourth-order valence-electron chi connectivity index (χ4n) is 1.30. The van der Waals surface area contributed by atoms with Gasteiger partial charge in [0.1, 0.15) is 0 Å². The Balaban J connectivity index is 6.99. The summed E-state index contributed by atoms with van der Waals surface area (Å²) < 4.78 is 194. The predicted octanol–water partition coefficient (Wildman–Crippen LogP) is 5.44. The van der Waals surface area contributed by atoms with Gasteiger partial charge in [0.15, 0.2) is 0 Å². The summed E-state index contributed by atoms with van der Waals surface area (Å²) in [5.41, 5.74) is -1.48. The molecule has 0 aliphatic carbocycles. The molecular formula is C11H5F15O2. The zero-order valence-corrected chi connectivity index (χ0v) is 12.7. The molecule has 0 saturated carbocycles. The Bertz CT molecular complexity index is 629. The Labute approximate surface area is 143 Å². The maximum atomic E-state index is 14.0. The van der Waals surface area contributed by atoms with Crippen LogP contribution in [0.15, 0.2) is 12.2 Å². The third kappa shape index (κ3) is 3.46. The first-order valence-electron chi connectivity index (χ1n) is 6.05. The normalized spacial score (nSPS) is 17.1. The van der Waals surface area contributed by atoms with Crippen LogP contribution in [-0.4, -0.2) is 47.9 Å². The van der Waals surface area contributed by atoms with Gasteiger partial charge in [0, 0.05) is 5.57 Å². The molecule has 0 aromatic carbocycles. The Morgan fingerprint density at radius 1 is 0.607 bits per heavy atom. The molecule has 17 heteroatoms. The molecule has 0 N–H and O–H groups in total. The number of esters is 1. The average Bonchev–Trinajstić information content (AvgIpc) is 2.43. The predicted molar refractivity (Wildman–Crippen MR) is 56.6 cm³/mol. The molecule has 0 aromatic heterocycles. The van der Waals surface area contributed by atoms with Crippen LogP contribution in [0.2, 0.25) is 0 Å². The minimum absolute atomic E-state index is 0.273. The number of alkyl halides is 15. The van der Waals surface area contributed by atoms with Gasteiger partial charge < -0.3 is 4.74 Å². The standard InChI is InChI=1S/C11H5F15O2/c1-3(2)4(27)28-9(20,8(18,19)11(24,25)26)6(14,15)5(12,13)7(16,17)10(21,22)23/h1H2,2H3. The van der Waals surface area contributed by atoms with Crippen LogP contribution in [-0.2, 0) is 9.53 Å². The van der Waals surface area contributed by atoms with Crippen LogP contribution in [0.4, 0.5) is 65.9 Å². The molecule has 1 atom stereocenters. The Kier molecular flexibility index (Phi) is 6.17. The van der Waals surface area contributed by atoms with Crippen molar-refractivity contribution in [2.45, 2.75) is 48.8 Å². The summed E-state index contributed by atoms with van der Waals surface area (Å²) in [6, 6.07) is 0. The summed E-state index contributed by atoms with van der Waals surface area (Å²) in [6.07, 6.45) is -15.3. The fourth-order valence-corrected chi connectivity index (χ4v) is 1.30. The van der Waals surface area contributed by atoms with Crippen LogP contribution in [0.1, 0.15) is 6.92 Å². The van der Waals surface area contributed by atoms with E-state index in [0.717, 1.165) is 0 Å².